The van der Waals surface area contributed by atoms with Crippen LogP contribution in [0.5, 0.6) is 0 Å². The predicted molar refractivity (Wildman–Crippen MR) is 94.2 cm³/mol. The molecule has 0 aliphatic heterocycles. The van der Waals surface area contributed by atoms with Crippen LogP contribution in [0.4, 0.5) is 13.2 Å². The van der Waals surface area contributed by atoms with Gasteiger partial charge in [-0.05, 0) is 48.5 Å². The molecule has 0 atom stereocenters. The van der Waals surface area contributed by atoms with Crippen molar-refractivity contribution in [2.24, 2.45) is 0 Å². The van der Waals surface area contributed by atoms with Gasteiger partial charge in [0, 0.05) is 28.8 Å². The van der Waals surface area contributed by atoms with E-state index in [2.05, 4.69) is 17.3 Å². The molecule has 1 N–H and O–H groups in total. The molecule has 0 spiro atoms. The van der Waals surface area contributed by atoms with Gasteiger partial charge in [-0.15, -0.1) is 5.43 Å². The highest BCUT2D eigenvalue weighted by Gasteiger charge is 2.29. The van der Waals surface area contributed by atoms with E-state index >= 15 is 0 Å². The molecule has 6 heteroatoms. The molecule has 27 heavy (non-hydrogen) atoms. The fourth-order valence-electron chi connectivity index (χ4n) is 2.25. The molecule has 134 valence electrons. The summed E-state index contributed by atoms with van der Waals surface area (Å²) in [6.07, 6.45) is -0.940. The molecule has 0 fully saturated rings. The van der Waals surface area contributed by atoms with Gasteiger partial charge in [-0.3, -0.25) is 4.79 Å². The Bertz CT molecular complexity index is 984. The van der Waals surface area contributed by atoms with Gasteiger partial charge in [-0.25, -0.2) is 0 Å². The van der Waals surface area contributed by atoms with Crippen LogP contribution in [0.3, 0.4) is 0 Å². The zero-order valence-corrected chi connectivity index (χ0v) is 14.0. The Labute approximate surface area is 154 Å². The Balaban J connectivity index is 1.68. The van der Waals surface area contributed by atoms with E-state index in [1.807, 2.05) is 6.07 Å². The molecule has 0 aliphatic carbocycles. The molecule has 0 saturated carbocycles. The number of carbonyl (C=O) groups excluding carboxylic acids is 1. The smallest absolute Gasteiger partial charge is 0.264 e. The number of alkyl halides is 3. The van der Waals surface area contributed by atoms with Crippen molar-refractivity contribution in [3.05, 3.63) is 101 Å². The molecule has 3 rings (SSSR count). The SMILES string of the molecule is O=C(N[n+]1ccccc1)c1ccc(C#Cc2ccc(C(F)(F)F)cc2)cc1. The van der Waals surface area contributed by atoms with Gasteiger partial charge in [-0.2, -0.15) is 13.2 Å². The van der Waals surface area contributed by atoms with Gasteiger partial charge in [0.1, 0.15) is 0 Å². The van der Waals surface area contributed by atoms with Crippen LogP contribution in [0.15, 0.2) is 79.1 Å². The highest BCUT2D eigenvalue weighted by Crippen LogP contribution is 2.28. The summed E-state index contributed by atoms with van der Waals surface area (Å²) in [6.45, 7) is 0. The number of hydrogen-bond acceptors (Lipinski definition) is 1. The number of amides is 1. The van der Waals surface area contributed by atoms with Gasteiger partial charge in [0.05, 0.1) is 5.56 Å². The number of aromatic nitrogens is 1. The molecule has 3 aromatic rings. The van der Waals surface area contributed by atoms with E-state index in [-0.39, 0.29) is 5.91 Å². The van der Waals surface area contributed by atoms with Gasteiger partial charge in [0.2, 0.25) is 0 Å². The Morgan fingerprint density at radius 2 is 1.33 bits per heavy atom. The molecule has 0 bridgehead atoms. The second kappa shape index (κ2) is 7.75. The largest absolute Gasteiger partial charge is 0.416 e. The fourth-order valence-corrected chi connectivity index (χ4v) is 2.25. The molecule has 0 aliphatic rings. The van der Waals surface area contributed by atoms with Crippen molar-refractivity contribution in [3.63, 3.8) is 0 Å². The third-order valence-corrected chi connectivity index (χ3v) is 3.66. The first kappa shape index (κ1) is 18.2. The summed E-state index contributed by atoms with van der Waals surface area (Å²) in [5, 5.41) is 0. The van der Waals surface area contributed by atoms with Crippen LogP contribution in [-0.2, 0) is 6.18 Å². The number of hydrogen-bond donors (Lipinski definition) is 1. The zero-order valence-electron chi connectivity index (χ0n) is 14.0. The van der Waals surface area contributed by atoms with Crippen molar-refractivity contribution in [1.82, 2.24) is 0 Å². The topological polar surface area (TPSA) is 33.0 Å². The van der Waals surface area contributed by atoms with Crippen molar-refractivity contribution in [3.8, 4) is 11.8 Å². The maximum absolute atomic E-state index is 12.5. The number of carbonyl (C=O) groups is 1. The van der Waals surface area contributed by atoms with Crippen molar-refractivity contribution in [2.75, 3.05) is 5.43 Å². The fraction of sp³-hybridized carbons (Fsp3) is 0.0476. The molecule has 3 nitrogen and oxygen atoms in total. The highest BCUT2D eigenvalue weighted by atomic mass is 19.4. The second-order valence-corrected chi connectivity index (χ2v) is 5.63. The monoisotopic (exact) mass is 367 g/mol. The number of nitrogens with zero attached hydrogens (tertiary/aromatic N) is 1. The third kappa shape index (κ3) is 4.95. The van der Waals surface area contributed by atoms with Crippen LogP contribution in [0.25, 0.3) is 0 Å². The first-order valence-corrected chi connectivity index (χ1v) is 7.99. The molecular formula is C21H14F3N2O+. The number of benzene rings is 2. The summed E-state index contributed by atoms with van der Waals surface area (Å²) in [6, 6.07) is 16.7. The second-order valence-electron chi connectivity index (χ2n) is 5.63. The van der Waals surface area contributed by atoms with Crippen LogP contribution >= 0.6 is 0 Å². The van der Waals surface area contributed by atoms with E-state index in [4.69, 9.17) is 0 Å². The number of nitrogens with one attached hydrogen (secondary N) is 1. The number of pyridine rings is 1. The number of rotatable bonds is 2. The van der Waals surface area contributed by atoms with Crippen LogP contribution in [-0.4, -0.2) is 5.91 Å². The summed E-state index contributed by atoms with van der Waals surface area (Å²) < 4.78 is 39.2. The minimum Gasteiger partial charge on any atom is -0.264 e. The Hall–Kier alpha value is -3.59. The minimum atomic E-state index is -4.36. The molecular weight excluding hydrogens is 353 g/mol. The molecule has 1 amide bonds. The summed E-state index contributed by atoms with van der Waals surface area (Å²) in [7, 11) is 0. The van der Waals surface area contributed by atoms with Gasteiger partial charge < -0.3 is 0 Å². The Morgan fingerprint density at radius 3 is 1.85 bits per heavy atom. The van der Waals surface area contributed by atoms with E-state index in [9.17, 15) is 18.0 Å². The summed E-state index contributed by atoms with van der Waals surface area (Å²) in [4.78, 5) is 12.2. The van der Waals surface area contributed by atoms with E-state index in [1.165, 1.54) is 12.1 Å². The van der Waals surface area contributed by atoms with E-state index in [0.717, 1.165) is 12.1 Å². The zero-order chi connectivity index (χ0) is 19.3. The van der Waals surface area contributed by atoms with Gasteiger partial charge in [0.25, 0.3) is 0 Å². The molecule has 1 aromatic heterocycles. The van der Waals surface area contributed by atoms with E-state index < -0.39 is 11.7 Å². The summed E-state index contributed by atoms with van der Waals surface area (Å²) in [5.41, 5.74) is 3.59. The Kier molecular flexibility index (Phi) is 5.23. The van der Waals surface area contributed by atoms with Crippen molar-refractivity contribution in [2.45, 2.75) is 6.18 Å². The lowest BCUT2D eigenvalue weighted by atomic mass is 10.1. The first-order chi connectivity index (χ1) is 12.9. The normalized spacial score (nSPS) is 10.6. The van der Waals surface area contributed by atoms with Crippen molar-refractivity contribution < 1.29 is 22.6 Å². The quantitative estimate of drug-likeness (QED) is 0.543. The lowest BCUT2D eigenvalue weighted by Gasteiger charge is -2.05. The molecule has 0 unspecified atom stereocenters. The van der Waals surface area contributed by atoms with E-state index in [1.54, 1.807) is 53.5 Å². The van der Waals surface area contributed by atoms with Crippen LogP contribution < -0.4 is 10.1 Å². The Morgan fingerprint density at radius 1 is 0.815 bits per heavy atom. The molecule has 1 heterocycles. The number of halogens is 3. The lowest BCUT2D eigenvalue weighted by Crippen LogP contribution is -2.47. The highest BCUT2D eigenvalue weighted by molar-refractivity contribution is 5.98. The van der Waals surface area contributed by atoms with Crippen molar-refractivity contribution in [1.29, 1.82) is 0 Å². The van der Waals surface area contributed by atoms with Gasteiger partial charge in [0.15, 0.2) is 12.4 Å². The van der Waals surface area contributed by atoms with Gasteiger partial charge in [-0.1, -0.05) is 22.6 Å². The molecule has 0 radical (unpaired) electrons. The average molecular weight is 367 g/mol. The molecule has 2 aromatic carbocycles. The summed E-state index contributed by atoms with van der Waals surface area (Å²) >= 11 is 0. The van der Waals surface area contributed by atoms with E-state index in [0.29, 0.717) is 16.7 Å². The molecule has 0 saturated heterocycles. The first-order valence-electron chi connectivity index (χ1n) is 7.99. The summed E-state index contributed by atoms with van der Waals surface area (Å²) in [5.74, 6) is 5.40. The maximum Gasteiger partial charge on any atom is 0.416 e. The average Bonchev–Trinajstić information content (AvgIpc) is 2.67. The van der Waals surface area contributed by atoms with Crippen LogP contribution in [0.1, 0.15) is 27.0 Å². The van der Waals surface area contributed by atoms with Crippen molar-refractivity contribution >= 4 is 5.91 Å². The standard InChI is InChI=1S/C21H13F3N2O/c22-21(23,24)19-12-8-17(9-13-19)5-4-16-6-10-18(11-7-16)20(27)25-26-14-2-1-3-15-26/h1-3,6-15H/p+1. The minimum absolute atomic E-state index is 0.270. The third-order valence-electron chi connectivity index (χ3n) is 3.66. The van der Waals surface area contributed by atoms with Crippen LogP contribution in [0.2, 0.25) is 0 Å². The van der Waals surface area contributed by atoms with Crippen LogP contribution in [0, 0.1) is 11.8 Å². The lowest BCUT2D eigenvalue weighted by molar-refractivity contribution is -0.641. The predicted octanol–water partition coefficient (Wildman–Crippen LogP) is 3.78. The van der Waals surface area contributed by atoms with Gasteiger partial charge >= 0.3 is 12.1 Å². The maximum atomic E-state index is 12.5.